The van der Waals surface area contributed by atoms with Gasteiger partial charge in [0.15, 0.2) is 9.84 Å². The lowest BCUT2D eigenvalue weighted by atomic mass is 10.1. The number of sulfone groups is 1. The standard InChI is InChI=1S/C18H11F7N2O2S/c1-30(28,29)16-7-11(19)15(6-12(16)20)27-14(8-13(26-27)17(21)22)9-3-2-4-10(5-9)18(23,24)25/h2-8,17H,1H3. The van der Waals surface area contributed by atoms with Crippen LogP contribution < -0.4 is 0 Å². The fourth-order valence-corrected chi connectivity index (χ4v) is 3.45. The van der Waals surface area contributed by atoms with Gasteiger partial charge in [0.05, 0.1) is 11.3 Å². The predicted molar refractivity (Wildman–Crippen MR) is 92.0 cm³/mol. The first-order valence-electron chi connectivity index (χ1n) is 8.04. The molecule has 1 aromatic heterocycles. The van der Waals surface area contributed by atoms with Crippen molar-refractivity contribution in [1.82, 2.24) is 9.78 Å². The first-order valence-corrected chi connectivity index (χ1v) is 9.93. The summed E-state index contributed by atoms with van der Waals surface area (Å²) in [6.07, 6.45) is -7.25. The Labute approximate surface area is 165 Å². The molecule has 0 aliphatic rings. The molecular weight excluding hydrogens is 441 g/mol. The molecule has 0 spiro atoms. The van der Waals surface area contributed by atoms with E-state index in [4.69, 9.17) is 0 Å². The molecule has 0 atom stereocenters. The van der Waals surface area contributed by atoms with E-state index in [2.05, 4.69) is 5.10 Å². The molecule has 30 heavy (non-hydrogen) atoms. The van der Waals surface area contributed by atoms with E-state index in [-0.39, 0.29) is 11.3 Å². The maximum Gasteiger partial charge on any atom is 0.416 e. The third kappa shape index (κ3) is 4.18. The number of hydrogen-bond acceptors (Lipinski definition) is 3. The fraction of sp³-hybridized carbons (Fsp3) is 0.167. The minimum atomic E-state index is -4.74. The van der Waals surface area contributed by atoms with Crippen LogP contribution in [0.15, 0.2) is 47.4 Å². The van der Waals surface area contributed by atoms with Crippen LogP contribution in [0.5, 0.6) is 0 Å². The Bertz CT molecular complexity index is 1220. The maximum atomic E-state index is 14.6. The van der Waals surface area contributed by atoms with Gasteiger partial charge < -0.3 is 0 Å². The van der Waals surface area contributed by atoms with E-state index in [9.17, 15) is 39.2 Å². The molecule has 0 fully saturated rings. The van der Waals surface area contributed by atoms with Crippen molar-refractivity contribution in [2.75, 3.05) is 6.26 Å². The van der Waals surface area contributed by atoms with E-state index in [1.54, 1.807) is 0 Å². The van der Waals surface area contributed by atoms with Crippen LogP contribution in [0, 0.1) is 11.6 Å². The van der Waals surface area contributed by atoms with Gasteiger partial charge in [-0.1, -0.05) is 12.1 Å². The molecule has 0 N–H and O–H groups in total. The first kappa shape index (κ1) is 21.8. The lowest BCUT2D eigenvalue weighted by Crippen LogP contribution is -2.08. The van der Waals surface area contributed by atoms with Crippen LogP contribution in [-0.2, 0) is 16.0 Å². The quantitative estimate of drug-likeness (QED) is 0.513. The summed E-state index contributed by atoms with van der Waals surface area (Å²) in [5.74, 6) is -2.70. The van der Waals surface area contributed by atoms with Crippen molar-refractivity contribution < 1.29 is 39.2 Å². The molecule has 1 heterocycles. The van der Waals surface area contributed by atoms with Crippen LogP contribution in [0.3, 0.4) is 0 Å². The average molecular weight is 452 g/mol. The number of rotatable bonds is 4. The maximum absolute atomic E-state index is 14.6. The van der Waals surface area contributed by atoms with E-state index < -0.39 is 55.9 Å². The van der Waals surface area contributed by atoms with E-state index in [1.807, 2.05) is 0 Å². The Balaban J connectivity index is 2.27. The van der Waals surface area contributed by atoms with Gasteiger partial charge in [0.25, 0.3) is 6.43 Å². The van der Waals surface area contributed by atoms with Crippen LogP contribution in [0.25, 0.3) is 16.9 Å². The van der Waals surface area contributed by atoms with E-state index in [0.29, 0.717) is 29.1 Å². The van der Waals surface area contributed by atoms with Crippen LogP contribution in [0.1, 0.15) is 17.7 Å². The van der Waals surface area contributed by atoms with Gasteiger partial charge in [-0.2, -0.15) is 18.3 Å². The Morgan fingerprint density at radius 1 is 1.00 bits per heavy atom. The monoisotopic (exact) mass is 452 g/mol. The highest BCUT2D eigenvalue weighted by Gasteiger charge is 2.31. The minimum Gasteiger partial charge on any atom is -0.230 e. The van der Waals surface area contributed by atoms with Gasteiger partial charge in [0.2, 0.25) is 0 Å². The minimum absolute atomic E-state index is 0.240. The van der Waals surface area contributed by atoms with Crippen molar-refractivity contribution in [3.63, 3.8) is 0 Å². The van der Waals surface area contributed by atoms with Crippen molar-refractivity contribution in [3.05, 3.63) is 65.4 Å². The third-order valence-electron chi connectivity index (χ3n) is 4.07. The van der Waals surface area contributed by atoms with Crippen LogP contribution in [-0.4, -0.2) is 24.5 Å². The fourth-order valence-electron chi connectivity index (χ4n) is 2.71. The molecule has 160 valence electrons. The van der Waals surface area contributed by atoms with Crippen LogP contribution in [0.4, 0.5) is 30.7 Å². The average Bonchev–Trinajstić information content (AvgIpc) is 3.07. The molecular formula is C18H11F7N2O2S. The molecule has 0 amide bonds. The lowest BCUT2D eigenvalue weighted by molar-refractivity contribution is -0.137. The second-order valence-corrected chi connectivity index (χ2v) is 8.24. The Hall–Kier alpha value is -2.89. The molecule has 0 aliphatic heterocycles. The largest absolute Gasteiger partial charge is 0.416 e. The van der Waals surface area contributed by atoms with Gasteiger partial charge in [-0.3, -0.25) is 0 Å². The topological polar surface area (TPSA) is 52.0 Å². The van der Waals surface area contributed by atoms with Gasteiger partial charge in [-0.05, 0) is 24.3 Å². The number of hydrogen-bond donors (Lipinski definition) is 0. The number of halogens is 7. The SMILES string of the molecule is CS(=O)(=O)c1cc(F)c(-n2nc(C(F)F)cc2-c2cccc(C(F)(F)F)c2)cc1F. The zero-order valence-corrected chi connectivity index (χ0v) is 15.7. The zero-order chi connectivity index (χ0) is 22.4. The molecule has 0 unspecified atom stereocenters. The van der Waals surface area contributed by atoms with Crippen molar-refractivity contribution in [1.29, 1.82) is 0 Å². The van der Waals surface area contributed by atoms with Crippen molar-refractivity contribution in [2.24, 2.45) is 0 Å². The van der Waals surface area contributed by atoms with Crippen molar-refractivity contribution >= 4 is 9.84 Å². The highest BCUT2D eigenvalue weighted by atomic mass is 32.2. The number of aromatic nitrogens is 2. The predicted octanol–water partition coefficient (Wildman–Crippen LogP) is 5.18. The summed E-state index contributed by atoms with van der Waals surface area (Å²) in [4.78, 5) is -0.967. The number of benzene rings is 2. The molecule has 12 heteroatoms. The van der Waals surface area contributed by atoms with Crippen molar-refractivity contribution in [3.8, 4) is 16.9 Å². The summed E-state index contributed by atoms with van der Waals surface area (Å²) in [5.41, 5.74) is -3.35. The molecule has 0 aliphatic carbocycles. The highest BCUT2D eigenvalue weighted by molar-refractivity contribution is 7.90. The normalized spacial score (nSPS) is 12.6. The molecule has 0 radical (unpaired) electrons. The molecule has 3 aromatic rings. The Morgan fingerprint density at radius 3 is 2.23 bits per heavy atom. The summed E-state index contributed by atoms with van der Waals surface area (Å²) in [5, 5.41) is 3.47. The highest BCUT2D eigenvalue weighted by Crippen LogP contribution is 2.35. The summed E-state index contributed by atoms with van der Waals surface area (Å²) < 4.78 is 118. The summed E-state index contributed by atoms with van der Waals surface area (Å²) >= 11 is 0. The first-order chi connectivity index (χ1) is 13.8. The molecule has 3 rings (SSSR count). The zero-order valence-electron chi connectivity index (χ0n) is 14.9. The lowest BCUT2D eigenvalue weighted by Gasteiger charge is -2.12. The molecule has 0 saturated carbocycles. The Kier molecular flexibility index (Phi) is 5.39. The van der Waals surface area contributed by atoms with Gasteiger partial charge in [-0.25, -0.2) is 30.7 Å². The molecule has 0 bridgehead atoms. The second-order valence-electron chi connectivity index (χ2n) is 6.25. The smallest absolute Gasteiger partial charge is 0.230 e. The second kappa shape index (κ2) is 7.42. The number of alkyl halides is 5. The van der Waals surface area contributed by atoms with Crippen LogP contribution >= 0.6 is 0 Å². The third-order valence-corrected chi connectivity index (χ3v) is 5.18. The van der Waals surface area contributed by atoms with Gasteiger partial charge in [0.1, 0.15) is 27.9 Å². The van der Waals surface area contributed by atoms with E-state index in [0.717, 1.165) is 24.3 Å². The van der Waals surface area contributed by atoms with E-state index >= 15 is 0 Å². The number of nitrogens with zero attached hydrogens (tertiary/aromatic N) is 2. The molecule has 4 nitrogen and oxygen atoms in total. The summed E-state index contributed by atoms with van der Waals surface area (Å²) in [7, 11) is -4.14. The Morgan fingerprint density at radius 2 is 1.67 bits per heavy atom. The van der Waals surface area contributed by atoms with Gasteiger partial charge in [-0.15, -0.1) is 0 Å². The van der Waals surface area contributed by atoms with Gasteiger partial charge in [0, 0.05) is 17.9 Å². The summed E-state index contributed by atoms with van der Waals surface area (Å²) in [6.45, 7) is 0. The van der Waals surface area contributed by atoms with Crippen LogP contribution in [0.2, 0.25) is 0 Å². The van der Waals surface area contributed by atoms with Crippen molar-refractivity contribution in [2.45, 2.75) is 17.5 Å². The summed E-state index contributed by atoms with van der Waals surface area (Å²) in [6, 6.07) is 5.06. The van der Waals surface area contributed by atoms with Gasteiger partial charge >= 0.3 is 6.18 Å². The van der Waals surface area contributed by atoms with E-state index in [1.165, 1.54) is 0 Å². The molecule has 0 saturated heterocycles. The molecule has 2 aromatic carbocycles.